The molecule has 0 aliphatic carbocycles. The van der Waals surface area contributed by atoms with Crippen LogP contribution in [0.1, 0.15) is 39.4 Å². The van der Waals surface area contributed by atoms with Crippen LogP contribution in [-0.2, 0) is 16.1 Å². The zero-order valence-corrected chi connectivity index (χ0v) is 11.2. The summed E-state index contributed by atoms with van der Waals surface area (Å²) in [4.78, 5) is 15.5. The minimum absolute atomic E-state index is 0.0314. The van der Waals surface area contributed by atoms with Crippen LogP contribution in [0.15, 0.2) is 12.5 Å². The number of esters is 1. The van der Waals surface area contributed by atoms with Crippen LogP contribution < -0.4 is 5.32 Å². The van der Waals surface area contributed by atoms with Gasteiger partial charge in [-0.25, -0.2) is 9.78 Å². The average Bonchev–Trinajstić information content (AvgIpc) is 2.71. The van der Waals surface area contributed by atoms with Gasteiger partial charge in [-0.3, -0.25) is 0 Å². The van der Waals surface area contributed by atoms with Gasteiger partial charge in [-0.2, -0.15) is 0 Å². The molecule has 1 aromatic rings. The van der Waals surface area contributed by atoms with Gasteiger partial charge in [-0.1, -0.05) is 0 Å². The van der Waals surface area contributed by atoms with Crippen LogP contribution in [0.5, 0.6) is 0 Å². The fourth-order valence-corrected chi connectivity index (χ4v) is 1.46. The van der Waals surface area contributed by atoms with E-state index in [1.165, 1.54) is 7.11 Å². The molecule has 17 heavy (non-hydrogen) atoms. The van der Waals surface area contributed by atoms with E-state index in [0.717, 1.165) is 5.69 Å². The normalized spacial score (nSPS) is 13.5. The monoisotopic (exact) mass is 239 g/mol. The minimum Gasteiger partial charge on any atom is -0.467 e. The second kappa shape index (κ2) is 5.31. The summed E-state index contributed by atoms with van der Waals surface area (Å²) in [7, 11) is 1.39. The zero-order valence-electron chi connectivity index (χ0n) is 11.2. The molecule has 0 saturated carbocycles. The Bertz CT molecular complexity index is 379. The van der Waals surface area contributed by atoms with Crippen molar-refractivity contribution in [3.05, 3.63) is 18.2 Å². The lowest BCUT2D eigenvalue weighted by atomic mass is 10.1. The molecule has 0 bridgehead atoms. The van der Waals surface area contributed by atoms with Gasteiger partial charge in [0.15, 0.2) is 0 Å². The quantitative estimate of drug-likeness (QED) is 0.809. The molecule has 1 atom stereocenters. The highest BCUT2D eigenvalue weighted by Crippen LogP contribution is 2.12. The standard InChI is InChI=1S/C12H21N3O2/c1-9(11(16)17-5)15-8-13-6-10(15)7-14-12(2,3)4/h6,8-9,14H,7H2,1-5H3. The first kappa shape index (κ1) is 13.7. The van der Waals surface area contributed by atoms with Gasteiger partial charge in [0.1, 0.15) is 6.04 Å². The van der Waals surface area contributed by atoms with Crippen LogP contribution in [0.3, 0.4) is 0 Å². The number of carbonyl (C=O) groups is 1. The Hall–Kier alpha value is -1.36. The van der Waals surface area contributed by atoms with Crippen LogP contribution in [0.4, 0.5) is 0 Å². The summed E-state index contributed by atoms with van der Waals surface area (Å²) in [6.07, 6.45) is 3.42. The number of imidazole rings is 1. The molecule has 0 fully saturated rings. The van der Waals surface area contributed by atoms with Gasteiger partial charge in [0.25, 0.3) is 0 Å². The van der Waals surface area contributed by atoms with E-state index in [4.69, 9.17) is 4.74 Å². The van der Waals surface area contributed by atoms with E-state index in [0.29, 0.717) is 6.54 Å². The van der Waals surface area contributed by atoms with Crippen molar-refractivity contribution in [2.45, 2.75) is 45.8 Å². The predicted octanol–water partition coefficient (Wildman–Crippen LogP) is 1.51. The topological polar surface area (TPSA) is 56.2 Å². The first-order valence-corrected chi connectivity index (χ1v) is 5.68. The van der Waals surface area contributed by atoms with Crippen molar-refractivity contribution >= 4 is 5.97 Å². The molecule has 0 aromatic carbocycles. The van der Waals surface area contributed by atoms with Crippen molar-refractivity contribution in [3.63, 3.8) is 0 Å². The molecule has 0 aliphatic rings. The molecule has 0 aliphatic heterocycles. The second-order valence-electron chi connectivity index (χ2n) is 5.09. The molecule has 1 rings (SSSR count). The fraction of sp³-hybridized carbons (Fsp3) is 0.667. The smallest absolute Gasteiger partial charge is 0.328 e. The molecule has 1 heterocycles. The molecule has 1 aromatic heterocycles. The van der Waals surface area contributed by atoms with Gasteiger partial charge in [0.05, 0.1) is 19.1 Å². The summed E-state index contributed by atoms with van der Waals surface area (Å²) < 4.78 is 6.55. The fourth-order valence-electron chi connectivity index (χ4n) is 1.46. The summed E-state index contributed by atoms with van der Waals surface area (Å²) in [5, 5.41) is 3.36. The van der Waals surface area contributed by atoms with Crippen LogP contribution in [0.25, 0.3) is 0 Å². The van der Waals surface area contributed by atoms with Crippen molar-refractivity contribution in [1.29, 1.82) is 0 Å². The average molecular weight is 239 g/mol. The molecule has 0 saturated heterocycles. The highest BCUT2D eigenvalue weighted by Gasteiger charge is 2.18. The molecular weight excluding hydrogens is 218 g/mol. The van der Waals surface area contributed by atoms with Gasteiger partial charge in [-0.15, -0.1) is 0 Å². The van der Waals surface area contributed by atoms with E-state index in [1.54, 1.807) is 19.4 Å². The lowest BCUT2D eigenvalue weighted by Crippen LogP contribution is -2.36. The van der Waals surface area contributed by atoms with Crippen molar-refractivity contribution in [3.8, 4) is 0 Å². The summed E-state index contributed by atoms with van der Waals surface area (Å²) in [5.41, 5.74) is 1.00. The molecule has 0 spiro atoms. The minimum atomic E-state index is -0.348. The predicted molar refractivity (Wildman–Crippen MR) is 65.5 cm³/mol. The van der Waals surface area contributed by atoms with E-state index in [-0.39, 0.29) is 17.6 Å². The number of carbonyl (C=O) groups excluding carboxylic acids is 1. The summed E-state index contributed by atoms with van der Waals surface area (Å²) in [6, 6.07) is -0.348. The second-order valence-corrected chi connectivity index (χ2v) is 5.09. The summed E-state index contributed by atoms with van der Waals surface area (Å²) in [6.45, 7) is 8.76. The van der Waals surface area contributed by atoms with E-state index < -0.39 is 0 Å². The lowest BCUT2D eigenvalue weighted by Gasteiger charge is -2.22. The Morgan fingerprint density at radius 2 is 2.24 bits per heavy atom. The molecule has 5 nitrogen and oxygen atoms in total. The number of nitrogens with zero attached hydrogens (tertiary/aromatic N) is 2. The SMILES string of the molecule is COC(=O)C(C)n1cncc1CNC(C)(C)C. The molecule has 1 unspecified atom stereocenters. The molecule has 0 radical (unpaired) electrons. The van der Waals surface area contributed by atoms with Crippen LogP contribution in [-0.4, -0.2) is 28.2 Å². The van der Waals surface area contributed by atoms with Gasteiger partial charge < -0.3 is 14.6 Å². The number of aromatic nitrogens is 2. The number of ether oxygens (including phenoxy) is 1. The maximum atomic E-state index is 11.5. The number of methoxy groups -OCH3 is 1. The van der Waals surface area contributed by atoms with E-state index >= 15 is 0 Å². The van der Waals surface area contributed by atoms with E-state index in [1.807, 2.05) is 4.57 Å². The van der Waals surface area contributed by atoms with Gasteiger partial charge in [-0.05, 0) is 27.7 Å². The van der Waals surface area contributed by atoms with Crippen LogP contribution in [0.2, 0.25) is 0 Å². The van der Waals surface area contributed by atoms with Crippen molar-refractivity contribution in [1.82, 2.24) is 14.9 Å². The summed E-state index contributed by atoms with van der Waals surface area (Å²) >= 11 is 0. The van der Waals surface area contributed by atoms with Crippen molar-refractivity contribution in [2.24, 2.45) is 0 Å². The first-order chi connectivity index (χ1) is 7.85. The molecule has 96 valence electrons. The number of hydrogen-bond donors (Lipinski definition) is 1. The van der Waals surface area contributed by atoms with Crippen LogP contribution in [0, 0.1) is 0 Å². The Morgan fingerprint density at radius 3 is 2.76 bits per heavy atom. The number of nitrogens with one attached hydrogen (secondary N) is 1. The highest BCUT2D eigenvalue weighted by molar-refractivity contribution is 5.73. The van der Waals surface area contributed by atoms with E-state index in [2.05, 4.69) is 31.1 Å². The number of hydrogen-bond acceptors (Lipinski definition) is 4. The van der Waals surface area contributed by atoms with E-state index in [9.17, 15) is 4.79 Å². The lowest BCUT2D eigenvalue weighted by molar-refractivity contribution is -0.144. The summed E-state index contributed by atoms with van der Waals surface area (Å²) in [5.74, 6) is -0.264. The van der Waals surface area contributed by atoms with Crippen molar-refractivity contribution in [2.75, 3.05) is 7.11 Å². The maximum Gasteiger partial charge on any atom is 0.328 e. The molecule has 5 heteroatoms. The highest BCUT2D eigenvalue weighted by atomic mass is 16.5. The maximum absolute atomic E-state index is 11.5. The third-order valence-electron chi connectivity index (χ3n) is 2.51. The molecule has 1 N–H and O–H groups in total. The Morgan fingerprint density at radius 1 is 1.59 bits per heavy atom. The molecule has 0 amide bonds. The molecular formula is C12H21N3O2. The third-order valence-corrected chi connectivity index (χ3v) is 2.51. The third kappa shape index (κ3) is 3.85. The Labute approximate surface area is 102 Å². The van der Waals surface area contributed by atoms with Gasteiger partial charge >= 0.3 is 5.97 Å². The first-order valence-electron chi connectivity index (χ1n) is 5.68. The Kier molecular flexibility index (Phi) is 4.28. The largest absolute Gasteiger partial charge is 0.467 e. The van der Waals surface area contributed by atoms with Crippen LogP contribution >= 0.6 is 0 Å². The zero-order chi connectivity index (χ0) is 13.1. The van der Waals surface area contributed by atoms with Gasteiger partial charge in [0.2, 0.25) is 0 Å². The van der Waals surface area contributed by atoms with Crippen molar-refractivity contribution < 1.29 is 9.53 Å². The number of rotatable bonds is 4. The van der Waals surface area contributed by atoms with Gasteiger partial charge in [0, 0.05) is 18.3 Å². The Balaban J connectivity index is 2.75.